The van der Waals surface area contributed by atoms with E-state index in [9.17, 15) is 0 Å². The molecule has 0 bridgehead atoms. The smallest absolute Gasteiger partial charge is 0.519 e. The fourth-order valence-corrected chi connectivity index (χ4v) is 2.15. The molecule has 0 spiro atoms. The third-order valence-electron chi connectivity index (χ3n) is 3.35. The molecule has 0 aromatic heterocycles. The van der Waals surface area contributed by atoms with E-state index in [0.29, 0.717) is 0 Å². The minimum absolute atomic E-state index is 0. The van der Waals surface area contributed by atoms with Crippen molar-refractivity contribution in [2.24, 2.45) is 5.92 Å². The number of ether oxygens (including phenoxy) is 1. The van der Waals surface area contributed by atoms with Gasteiger partial charge in [0.25, 0.3) is 0 Å². The topological polar surface area (TPSA) is 9.23 Å². The molecule has 1 rings (SSSR count). The summed E-state index contributed by atoms with van der Waals surface area (Å²) in [5, 5.41) is 0. The summed E-state index contributed by atoms with van der Waals surface area (Å²) in [7, 11) is 0. The molecular formula is C17H27LiO. The number of hydrogen-bond donors (Lipinski definition) is 0. The monoisotopic (exact) mass is 254 g/mol. The first-order chi connectivity index (χ1) is 8.83. The molecule has 0 fully saturated rings. The van der Waals surface area contributed by atoms with Crippen LogP contribution < -0.4 is 23.6 Å². The Hall–Kier alpha value is -0.383. The van der Waals surface area contributed by atoms with E-state index in [0.717, 1.165) is 24.7 Å². The predicted molar refractivity (Wildman–Crippen MR) is 77.9 cm³/mol. The molecule has 2 heteroatoms. The van der Waals surface area contributed by atoms with Gasteiger partial charge in [-0.2, -0.15) is 18.2 Å². The molecule has 0 N–H and O–H groups in total. The summed E-state index contributed by atoms with van der Waals surface area (Å²) in [6.07, 6.45) is 9.33. The van der Waals surface area contributed by atoms with E-state index in [4.69, 9.17) is 4.74 Å². The van der Waals surface area contributed by atoms with E-state index in [1.807, 2.05) is 24.3 Å². The molecule has 0 heterocycles. The second kappa shape index (κ2) is 12.6. The van der Waals surface area contributed by atoms with E-state index in [-0.39, 0.29) is 18.9 Å². The summed E-state index contributed by atoms with van der Waals surface area (Å²) in [6.45, 7) is 5.47. The average Bonchev–Trinajstić information content (AvgIpc) is 2.41. The molecule has 0 radical (unpaired) electrons. The van der Waals surface area contributed by atoms with Crippen LogP contribution in [-0.2, 0) is 0 Å². The zero-order valence-electron chi connectivity index (χ0n) is 13.0. The molecule has 0 aliphatic rings. The Morgan fingerprint density at radius 3 is 2.42 bits per heavy atom. The van der Waals surface area contributed by atoms with Gasteiger partial charge in [0.15, 0.2) is 0 Å². The van der Waals surface area contributed by atoms with Crippen LogP contribution in [0.15, 0.2) is 24.3 Å². The van der Waals surface area contributed by atoms with Crippen LogP contribution in [0.2, 0.25) is 0 Å². The van der Waals surface area contributed by atoms with Gasteiger partial charge in [0.1, 0.15) is 0 Å². The van der Waals surface area contributed by atoms with Crippen molar-refractivity contribution in [3.05, 3.63) is 30.3 Å². The molecule has 0 unspecified atom stereocenters. The maximum absolute atomic E-state index is 5.68. The molecule has 1 nitrogen and oxygen atoms in total. The minimum Gasteiger partial charge on any atom is -0.519 e. The Labute approximate surface area is 131 Å². The van der Waals surface area contributed by atoms with Crippen LogP contribution in [-0.4, -0.2) is 6.61 Å². The zero-order chi connectivity index (χ0) is 13.1. The summed E-state index contributed by atoms with van der Waals surface area (Å²) in [6, 6.07) is 10.7. The Kier molecular flexibility index (Phi) is 12.4. The van der Waals surface area contributed by atoms with Gasteiger partial charge in [0.2, 0.25) is 0 Å². The first-order valence-corrected chi connectivity index (χ1v) is 7.42. The Morgan fingerprint density at radius 1 is 1.05 bits per heavy atom. The van der Waals surface area contributed by atoms with Crippen LogP contribution in [0.1, 0.15) is 58.8 Å². The van der Waals surface area contributed by atoms with Crippen molar-refractivity contribution >= 4 is 0 Å². The molecule has 1 aromatic carbocycles. The SMILES string of the molecule is CCCCCC[C@H](C)CCCOc1cc[c-]cc1.[Li+]. The quantitative estimate of drug-likeness (QED) is 0.353. The van der Waals surface area contributed by atoms with Crippen LogP contribution in [0.25, 0.3) is 0 Å². The number of rotatable bonds is 10. The van der Waals surface area contributed by atoms with Crippen LogP contribution in [0.3, 0.4) is 0 Å². The Bertz CT molecular complexity index is 287. The largest absolute Gasteiger partial charge is 1.00 e. The summed E-state index contributed by atoms with van der Waals surface area (Å²) in [5.74, 6) is 1.80. The van der Waals surface area contributed by atoms with E-state index in [2.05, 4.69) is 19.9 Å². The van der Waals surface area contributed by atoms with E-state index in [1.54, 1.807) is 0 Å². The van der Waals surface area contributed by atoms with Crippen LogP contribution in [0, 0.1) is 12.0 Å². The van der Waals surface area contributed by atoms with Crippen molar-refractivity contribution < 1.29 is 23.6 Å². The van der Waals surface area contributed by atoms with Crippen LogP contribution >= 0.6 is 0 Å². The summed E-state index contributed by atoms with van der Waals surface area (Å²) < 4.78 is 5.68. The van der Waals surface area contributed by atoms with E-state index in [1.165, 1.54) is 38.5 Å². The molecule has 1 aromatic rings. The molecule has 0 saturated carbocycles. The van der Waals surface area contributed by atoms with Gasteiger partial charge in [0, 0.05) is 5.75 Å². The van der Waals surface area contributed by atoms with Gasteiger partial charge in [-0.3, -0.25) is 0 Å². The number of unbranched alkanes of at least 4 members (excludes halogenated alkanes) is 3. The molecule has 0 aliphatic heterocycles. The number of benzene rings is 1. The summed E-state index contributed by atoms with van der Waals surface area (Å²) >= 11 is 0. The zero-order valence-corrected chi connectivity index (χ0v) is 13.0. The van der Waals surface area contributed by atoms with Crippen molar-refractivity contribution in [1.82, 2.24) is 0 Å². The minimum atomic E-state index is 0. The second-order valence-electron chi connectivity index (χ2n) is 5.18. The van der Waals surface area contributed by atoms with Gasteiger partial charge in [-0.25, -0.2) is 0 Å². The third kappa shape index (κ3) is 10.1. The normalized spacial score (nSPS) is 11.7. The molecule has 102 valence electrons. The van der Waals surface area contributed by atoms with E-state index >= 15 is 0 Å². The van der Waals surface area contributed by atoms with Crippen molar-refractivity contribution in [3.8, 4) is 5.75 Å². The van der Waals surface area contributed by atoms with Crippen molar-refractivity contribution in [3.63, 3.8) is 0 Å². The van der Waals surface area contributed by atoms with Crippen molar-refractivity contribution in [1.29, 1.82) is 0 Å². The fourth-order valence-electron chi connectivity index (χ4n) is 2.15. The van der Waals surface area contributed by atoms with Gasteiger partial charge < -0.3 is 4.74 Å². The maximum Gasteiger partial charge on any atom is 1.00 e. The van der Waals surface area contributed by atoms with Gasteiger partial charge in [-0.15, -0.1) is 12.1 Å². The first kappa shape index (κ1) is 18.6. The fraction of sp³-hybridized carbons (Fsp3) is 0.647. The molecule has 0 aliphatic carbocycles. The summed E-state index contributed by atoms with van der Waals surface area (Å²) in [5.41, 5.74) is 0. The van der Waals surface area contributed by atoms with E-state index < -0.39 is 0 Å². The Balaban J connectivity index is 0.00000324. The molecular weight excluding hydrogens is 227 g/mol. The Morgan fingerprint density at radius 2 is 1.74 bits per heavy atom. The van der Waals surface area contributed by atoms with Crippen molar-refractivity contribution in [2.45, 2.75) is 58.8 Å². The molecule has 0 saturated heterocycles. The molecule has 19 heavy (non-hydrogen) atoms. The van der Waals surface area contributed by atoms with Gasteiger partial charge in [0.05, 0.1) is 6.61 Å². The molecule has 1 atom stereocenters. The number of hydrogen-bond acceptors (Lipinski definition) is 1. The summed E-state index contributed by atoms with van der Waals surface area (Å²) in [4.78, 5) is 0. The standard InChI is InChI=1S/C17H27O.Li/c1-3-4-5-7-11-16(2)12-10-15-18-17-13-8-6-9-14-17;/h8-9,13-14,16H,3-5,7,10-12,15H2,1-2H3;/q-1;+1/t16-;/m0./s1. The van der Waals surface area contributed by atoms with Gasteiger partial charge >= 0.3 is 18.9 Å². The second-order valence-corrected chi connectivity index (χ2v) is 5.18. The first-order valence-electron chi connectivity index (χ1n) is 7.42. The van der Waals surface area contributed by atoms with Gasteiger partial charge in [-0.1, -0.05) is 46.0 Å². The third-order valence-corrected chi connectivity index (χ3v) is 3.35. The van der Waals surface area contributed by atoms with Crippen LogP contribution in [0.5, 0.6) is 5.75 Å². The van der Waals surface area contributed by atoms with Gasteiger partial charge in [-0.05, 0) is 18.8 Å². The predicted octanol–water partition coefficient (Wildman–Crippen LogP) is 2.26. The average molecular weight is 254 g/mol. The molecule has 0 amide bonds. The maximum atomic E-state index is 5.68. The van der Waals surface area contributed by atoms with Crippen LogP contribution in [0.4, 0.5) is 0 Å². The van der Waals surface area contributed by atoms with Crippen molar-refractivity contribution in [2.75, 3.05) is 6.61 Å².